The molecule has 0 bridgehead atoms. The summed E-state index contributed by atoms with van der Waals surface area (Å²) in [6.07, 6.45) is 2.21. The summed E-state index contributed by atoms with van der Waals surface area (Å²) in [6.45, 7) is 5.68. The summed E-state index contributed by atoms with van der Waals surface area (Å²) in [4.78, 5) is 21.5. The predicted molar refractivity (Wildman–Crippen MR) is 61.4 cm³/mol. The fourth-order valence-corrected chi connectivity index (χ4v) is 0.529. The van der Waals surface area contributed by atoms with Crippen molar-refractivity contribution in [1.29, 1.82) is 0 Å². The van der Waals surface area contributed by atoms with Gasteiger partial charge in [0.2, 0.25) is 11.8 Å². The summed E-state index contributed by atoms with van der Waals surface area (Å²) in [7, 11) is 1.50. The zero-order chi connectivity index (χ0) is 13.7. The van der Waals surface area contributed by atoms with Crippen LogP contribution >= 0.6 is 0 Å². The molecule has 3 N–H and O–H groups in total. The highest BCUT2D eigenvalue weighted by molar-refractivity contribution is 5.87. The first-order valence-electron chi connectivity index (χ1n) is 4.59. The first-order valence-corrected chi connectivity index (χ1v) is 4.59. The van der Waals surface area contributed by atoms with Gasteiger partial charge in [0, 0.05) is 7.11 Å². The number of carbonyl (C=O) groups excluding carboxylic acids is 2. The lowest BCUT2D eigenvalue weighted by Crippen LogP contribution is -2.30. The number of nitrogens with zero attached hydrogens (tertiary/aromatic N) is 1. The second-order valence-corrected chi connectivity index (χ2v) is 2.54. The Balaban J connectivity index is 0. The van der Waals surface area contributed by atoms with E-state index in [4.69, 9.17) is 10.2 Å². The Kier molecular flexibility index (Phi) is 12.9. The molecule has 98 valence electrons. The molecule has 7 heteroatoms. The van der Waals surface area contributed by atoms with Gasteiger partial charge < -0.3 is 20.3 Å². The van der Waals surface area contributed by atoms with E-state index in [1.807, 2.05) is 0 Å². The van der Waals surface area contributed by atoms with Crippen molar-refractivity contribution < 1.29 is 24.5 Å². The molecule has 0 aromatic carbocycles. The summed E-state index contributed by atoms with van der Waals surface area (Å²) in [5, 5.41) is 19.1. The zero-order valence-electron chi connectivity index (χ0n) is 9.76. The smallest absolute Gasteiger partial charge is 0.249 e. The van der Waals surface area contributed by atoms with E-state index in [-0.39, 0.29) is 12.6 Å². The number of carbonyl (C=O) groups is 2. The highest BCUT2D eigenvalue weighted by Gasteiger charge is 2.04. The first kappa shape index (κ1) is 17.7. The molecule has 0 spiro atoms. The van der Waals surface area contributed by atoms with Gasteiger partial charge in [-0.1, -0.05) is 13.2 Å². The molecule has 2 amide bonds. The van der Waals surface area contributed by atoms with Crippen LogP contribution in [0.3, 0.4) is 0 Å². The number of aliphatic hydroxyl groups is 2. The average Bonchev–Trinajstić information content (AvgIpc) is 2.37. The second kappa shape index (κ2) is 12.4. The van der Waals surface area contributed by atoms with Crippen LogP contribution in [0.5, 0.6) is 0 Å². The normalized spacial score (nSPS) is 8.41. The number of hydrogen-bond acceptors (Lipinski definition) is 5. The lowest BCUT2D eigenvalue weighted by atomic mass is 10.5. The highest BCUT2D eigenvalue weighted by atomic mass is 16.5. The van der Waals surface area contributed by atoms with Crippen LogP contribution in [0.15, 0.2) is 25.3 Å². The fraction of sp³-hybridized carbons (Fsp3) is 0.400. The lowest BCUT2D eigenvalue weighted by Gasteiger charge is -2.12. The summed E-state index contributed by atoms with van der Waals surface area (Å²) in [5.74, 6) is -0.702. The van der Waals surface area contributed by atoms with Gasteiger partial charge in [0.15, 0.2) is 0 Å². The fourth-order valence-electron chi connectivity index (χ4n) is 0.529. The Morgan fingerprint density at radius 1 is 1.29 bits per heavy atom. The van der Waals surface area contributed by atoms with Crippen molar-refractivity contribution in [1.82, 2.24) is 10.2 Å². The minimum absolute atomic E-state index is 0.216. The van der Waals surface area contributed by atoms with Crippen LogP contribution in [-0.2, 0) is 14.3 Å². The number of nitrogens with one attached hydrogen (secondary N) is 1. The lowest BCUT2D eigenvalue weighted by molar-refractivity contribution is -0.134. The van der Waals surface area contributed by atoms with E-state index in [1.165, 1.54) is 13.2 Å². The van der Waals surface area contributed by atoms with E-state index in [0.717, 1.165) is 11.0 Å². The summed E-state index contributed by atoms with van der Waals surface area (Å²) >= 11 is 0. The first-order chi connectivity index (χ1) is 8.06. The molecular formula is C10H18N2O5. The van der Waals surface area contributed by atoms with E-state index >= 15 is 0 Å². The van der Waals surface area contributed by atoms with Gasteiger partial charge in [-0.2, -0.15) is 0 Å². The van der Waals surface area contributed by atoms with Crippen molar-refractivity contribution in [3.8, 4) is 0 Å². The molecule has 0 unspecified atom stereocenters. The largest absolute Gasteiger partial charge is 0.376 e. The Labute approximate surface area is 100.0 Å². The summed E-state index contributed by atoms with van der Waals surface area (Å²) in [6, 6.07) is 0. The van der Waals surface area contributed by atoms with Gasteiger partial charge in [-0.15, -0.1) is 0 Å². The van der Waals surface area contributed by atoms with Gasteiger partial charge >= 0.3 is 0 Å². The quantitative estimate of drug-likeness (QED) is 0.403. The number of rotatable bonds is 6. The molecule has 0 aliphatic rings. The Bertz CT molecular complexity index is 251. The minimum Gasteiger partial charge on any atom is -0.376 e. The molecule has 0 aromatic rings. The monoisotopic (exact) mass is 246 g/mol. The minimum atomic E-state index is -0.486. The van der Waals surface area contributed by atoms with Crippen molar-refractivity contribution in [2.24, 2.45) is 0 Å². The van der Waals surface area contributed by atoms with Crippen LogP contribution in [0.1, 0.15) is 0 Å². The highest BCUT2D eigenvalue weighted by Crippen LogP contribution is 1.84. The second-order valence-electron chi connectivity index (χ2n) is 2.54. The topological polar surface area (TPSA) is 99.1 Å². The number of ether oxygens (including phenoxy) is 1. The molecule has 0 aliphatic carbocycles. The number of methoxy groups -OCH3 is 1. The van der Waals surface area contributed by atoms with Gasteiger partial charge in [0.1, 0.15) is 20.2 Å². The third kappa shape index (κ3) is 10.6. The molecule has 17 heavy (non-hydrogen) atoms. The predicted octanol–water partition coefficient (Wildman–Crippen LogP) is -1.21. The van der Waals surface area contributed by atoms with Crippen LogP contribution in [0.2, 0.25) is 0 Å². The molecule has 7 nitrogen and oxygen atoms in total. The van der Waals surface area contributed by atoms with Crippen molar-refractivity contribution >= 4 is 11.8 Å². The van der Waals surface area contributed by atoms with Gasteiger partial charge in [-0.25, -0.2) is 0 Å². The Morgan fingerprint density at radius 3 is 2.06 bits per heavy atom. The van der Waals surface area contributed by atoms with E-state index < -0.39 is 19.4 Å². The Morgan fingerprint density at radius 2 is 1.82 bits per heavy atom. The molecule has 0 saturated carbocycles. The molecule has 0 aromatic heterocycles. The van der Waals surface area contributed by atoms with E-state index in [9.17, 15) is 9.59 Å². The zero-order valence-corrected chi connectivity index (χ0v) is 9.76. The van der Waals surface area contributed by atoms with Crippen molar-refractivity contribution in [3.63, 3.8) is 0 Å². The van der Waals surface area contributed by atoms with Crippen LogP contribution in [0.25, 0.3) is 0 Å². The molecular weight excluding hydrogens is 228 g/mol. The van der Waals surface area contributed by atoms with Crippen molar-refractivity contribution in [3.05, 3.63) is 25.3 Å². The van der Waals surface area contributed by atoms with Gasteiger partial charge in [-0.3, -0.25) is 14.5 Å². The van der Waals surface area contributed by atoms with E-state index in [1.54, 1.807) is 0 Å². The molecule has 0 saturated heterocycles. The van der Waals surface area contributed by atoms with Crippen LogP contribution in [0.4, 0.5) is 0 Å². The molecule has 0 atom stereocenters. The van der Waals surface area contributed by atoms with Gasteiger partial charge in [0.25, 0.3) is 0 Å². The number of aliphatic hydroxyl groups excluding tert-OH is 2. The third-order valence-electron chi connectivity index (χ3n) is 1.40. The van der Waals surface area contributed by atoms with Crippen LogP contribution in [-0.4, -0.2) is 54.2 Å². The van der Waals surface area contributed by atoms with E-state index in [2.05, 4.69) is 23.2 Å². The van der Waals surface area contributed by atoms with Crippen LogP contribution in [0, 0.1) is 0 Å². The number of hydrogen-bond donors (Lipinski definition) is 3. The maximum atomic E-state index is 10.5. The van der Waals surface area contributed by atoms with Crippen molar-refractivity contribution in [2.45, 2.75) is 0 Å². The third-order valence-corrected chi connectivity index (χ3v) is 1.40. The molecule has 0 aliphatic heterocycles. The SMILES string of the molecule is C=CC(=O)N(CO)CO.C=CC(=O)NCOC. The standard InChI is InChI=1S/C5H9NO3.C5H9NO2/c1-2-5(9)6(3-7)4-8;1-3-5(7)6-4-8-2/h2,7-8H,1,3-4H2;3H,1,4H2,2H3,(H,6,7). The van der Waals surface area contributed by atoms with Gasteiger partial charge in [-0.05, 0) is 12.2 Å². The Hall–Kier alpha value is -1.70. The van der Waals surface area contributed by atoms with Gasteiger partial charge in [0.05, 0.1) is 0 Å². The maximum absolute atomic E-state index is 10.5. The van der Waals surface area contributed by atoms with Crippen LogP contribution < -0.4 is 5.32 Å². The summed E-state index contributed by atoms with van der Waals surface area (Å²) in [5.41, 5.74) is 0. The number of amides is 2. The molecule has 0 heterocycles. The molecule has 0 fully saturated rings. The van der Waals surface area contributed by atoms with Crippen molar-refractivity contribution in [2.75, 3.05) is 27.3 Å². The maximum Gasteiger partial charge on any atom is 0.249 e. The summed E-state index contributed by atoms with van der Waals surface area (Å²) < 4.78 is 4.53. The molecule has 0 radical (unpaired) electrons. The average molecular weight is 246 g/mol. The van der Waals surface area contributed by atoms with E-state index in [0.29, 0.717) is 0 Å². The molecule has 0 rings (SSSR count).